The molecule has 0 aromatic heterocycles. The van der Waals surface area contributed by atoms with E-state index in [9.17, 15) is 0 Å². The smallest absolute Gasteiger partial charge is 0.184 e. The molecule has 0 aliphatic carbocycles. The maximum Gasteiger partial charge on any atom is 4.00 e. The topological polar surface area (TPSA) is 0 Å². The fraction of sp³-hybridized carbons (Fsp3) is 0. The van der Waals surface area contributed by atoms with Gasteiger partial charge in [-0.15, -0.1) is 0 Å². The second kappa shape index (κ2) is 19.6. The van der Waals surface area contributed by atoms with E-state index in [1.165, 1.54) is 0 Å². The third-order valence-electron chi connectivity index (χ3n) is 2.43. The third kappa shape index (κ3) is 17.8. The molecular weight excluding hydrogens is 336 g/mol. The second-order valence-electron chi connectivity index (χ2n) is 4.31. The maximum absolute atomic E-state index is 2.89. The van der Waals surface area contributed by atoms with Crippen molar-refractivity contribution in [2.24, 2.45) is 0 Å². The molecule has 0 N–H and O–H groups in total. The Balaban J connectivity index is 0.000000303. The average molecular weight is 356 g/mol. The SMILES string of the molecule is [Ti+4].[c-]1ccccc1.[c-]1ccccc1.[c-]1ccccc1.[c-]1ccccc1. The fourth-order valence-electron chi connectivity index (χ4n) is 1.37. The van der Waals surface area contributed by atoms with Crippen molar-refractivity contribution in [2.45, 2.75) is 0 Å². The summed E-state index contributed by atoms with van der Waals surface area (Å²) < 4.78 is 0. The van der Waals surface area contributed by atoms with Crippen LogP contribution in [0.25, 0.3) is 0 Å². The first-order chi connectivity index (χ1) is 12.0. The van der Waals surface area contributed by atoms with Gasteiger partial charge in [-0.3, -0.25) is 0 Å². The van der Waals surface area contributed by atoms with Gasteiger partial charge in [0.2, 0.25) is 0 Å². The largest absolute Gasteiger partial charge is 4.00 e. The molecule has 4 aromatic carbocycles. The van der Waals surface area contributed by atoms with Crippen molar-refractivity contribution < 1.29 is 21.7 Å². The van der Waals surface area contributed by atoms with E-state index in [0.717, 1.165) is 0 Å². The van der Waals surface area contributed by atoms with E-state index in [1.54, 1.807) is 0 Å². The Kier molecular flexibility index (Phi) is 17.8. The third-order valence-corrected chi connectivity index (χ3v) is 2.43. The summed E-state index contributed by atoms with van der Waals surface area (Å²) in [5, 5.41) is 0. The van der Waals surface area contributed by atoms with E-state index in [1.807, 2.05) is 121 Å². The van der Waals surface area contributed by atoms with E-state index >= 15 is 0 Å². The van der Waals surface area contributed by atoms with Crippen LogP contribution in [-0.4, -0.2) is 0 Å². The summed E-state index contributed by atoms with van der Waals surface area (Å²) in [4.78, 5) is 0. The van der Waals surface area contributed by atoms with Gasteiger partial charge >= 0.3 is 21.7 Å². The molecule has 0 heterocycles. The van der Waals surface area contributed by atoms with Crippen LogP contribution in [0.1, 0.15) is 0 Å². The summed E-state index contributed by atoms with van der Waals surface area (Å²) in [5.74, 6) is 0. The first kappa shape index (κ1) is 22.6. The molecule has 0 saturated carbocycles. The molecule has 0 atom stereocenters. The Morgan fingerprint density at radius 3 is 0.440 bits per heavy atom. The van der Waals surface area contributed by atoms with Crippen LogP contribution in [0.2, 0.25) is 0 Å². The number of benzene rings is 4. The van der Waals surface area contributed by atoms with E-state index in [2.05, 4.69) is 24.3 Å². The van der Waals surface area contributed by atoms with Crippen molar-refractivity contribution in [3.8, 4) is 0 Å². The molecule has 0 fully saturated rings. The van der Waals surface area contributed by atoms with Gasteiger partial charge in [-0.2, -0.15) is 146 Å². The van der Waals surface area contributed by atoms with Crippen LogP contribution in [0.15, 0.2) is 121 Å². The van der Waals surface area contributed by atoms with Crippen LogP contribution in [-0.2, 0) is 21.7 Å². The van der Waals surface area contributed by atoms with Gasteiger partial charge in [0.05, 0.1) is 0 Å². The van der Waals surface area contributed by atoms with Gasteiger partial charge in [-0.25, -0.2) is 0 Å². The van der Waals surface area contributed by atoms with Gasteiger partial charge in [0.15, 0.2) is 0 Å². The van der Waals surface area contributed by atoms with Gasteiger partial charge < -0.3 is 0 Å². The Labute approximate surface area is 167 Å². The molecular formula is C24H20Ti. The Hall–Kier alpha value is -2.41. The standard InChI is InChI=1S/4C6H5.Ti/c4*1-2-4-6-5-3-1;/h4*1-5H;/q4*-1;+4. The van der Waals surface area contributed by atoms with Crippen LogP contribution in [0.3, 0.4) is 0 Å². The zero-order valence-electron chi connectivity index (χ0n) is 14.0. The van der Waals surface area contributed by atoms with Crippen molar-refractivity contribution in [3.05, 3.63) is 146 Å². The Bertz CT molecular complexity index is 420. The molecule has 0 saturated heterocycles. The van der Waals surface area contributed by atoms with E-state index in [-0.39, 0.29) is 21.7 Å². The molecule has 0 nitrogen and oxygen atoms in total. The quantitative estimate of drug-likeness (QED) is 0.270. The van der Waals surface area contributed by atoms with E-state index < -0.39 is 0 Å². The summed E-state index contributed by atoms with van der Waals surface area (Å²) in [7, 11) is 0. The molecule has 0 unspecified atom stereocenters. The monoisotopic (exact) mass is 356 g/mol. The Morgan fingerprint density at radius 1 is 0.240 bits per heavy atom. The molecule has 0 radical (unpaired) electrons. The van der Waals surface area contributed by atoms with Crippen molar-refractivity contribution in [2.75, 3.05) is 0 Å². The number of rotatable bonds is 0. The molecule has 0 aliphatic heterocycles. The van der Waals surface area contributed by atoms with E-state index in [4.69, 9.17) is 0 Å². The van der Waals surface area contributed by atoms with Crippen LogP contribution in [0, 0.1) is 24.3 Å². The average Bonchev–Trinajstić information content (AvgIpc) is 2.75. The van der Waals surface area contributed by atoms with Gasteiger partial charge in [0.25, 0.3) is 0 Å². The van der Waals surface area contributed by atoms with Gasteiger partial charge in [-0.1, -0.05) is 0 Å². The summed E-state index contributed by atoms with van der Waals surface area (Å²) in [6.07, 6.45) is 0. The van der Waals surface area contributed by atoms with Crippen LogP contribution in [0.4, 0.5) is 0 Å². The normalized spacial score (nSPS) is 7.68. The second-order valence-corrected chi connectivity index (χ2v) is 4.31. The molecule has 0 bridgehead atoms. The predicted molar refractivity (Wildman–Crippen MR) is 101 cm³/mol. The van der Waals surface area contributed by atoms with Crippen molar-refractivity contribution in [3.63, 3.8) is 0 Å². The first-order valence-corrected chi connectivity index (χ1v) is 7.64. The minimum absolute atomic E-state index is 0. The summed E-state index contributed by atoms with van der Waals surface area (Å²) in [5.41, 5.74) is 0. The molecule has 0 aliphatic rings. The minimum atomic E-state index is 0. The predicted octanol–water partition coefficient (Wildman–Crippen LogP) is 5.94. The van der Waals surface area contributed by atoms with Crippen molar-refractivity contribution >= 4 is 0 Å². The van der Waals surface area contributed by atoms with Gasteiger partial charge in [0.1, 0.15) is 0 Å². The van der Waals surface area contributed by atoms with Crippen LogP contribution < -0.4 is 0 Å². The van der Waals surface area contributed by atoms with Crippen molar-refractivity contribution in [1.82, 2.24) is 0 Å². The van der Waals surface area contributed by atoms with Crippen LogP contribution in [0.5, 0.6) is 0 Å². The van der Waals surface area contributed by atoms with E-state index in [0.29, 0.717) is 0 Å². The van der Waals surface area contributed by atoms with Gasteiger partial charge in [0, 0.05) is 0 Å². The van der Waals surface area contributed by atoms with Crippen LogP contribution >= 0.6 is 0 Å². The number of hydrogen-bond donors (Lipinski definition) is 0. The fourth-order valence-corrected chi connectivity index (χ4v) is 1.37. The molecule has 4 aromatic rings. The number of hydrogen-bond acceptors (Lipinski definition) is 0. The summed E-state index contributed by atoms with van der Waals surface area (Å²) in [6.45, 7) is 0. The molecule has 1 heteroatoms. The summed E-state index contributed by atoms with van der Waals surface area (Å²) in [6, 6.07) is 50.0. The van der Waals surface area contributed by atoms with Crippen molar-refractivity contribution in [1.29, 1.82) is 0 Å². The Morgan fingerprint density at radius 2 is 0.400 bits per heavy atom. The molecule has 4 rings (SSSR count). The molecule has 25 heavy (non-hydrogen) atoms. The summed E-state index contributed by atoms with van der Waals surface area (Å²) >= 11 is 0. The molecule has 120 valence electrons. The maximum atomic E-state index is 2.89. The molecule has 0 amide bonds. The zero-order chi connectivity index (χ0) is 17.0. The first-order valence-electron chi connectivity index (χ1n) is 7.64. The minimum Gasteiger partial charge on any atom is -0.184 e. The van der Waals surface area contributed by atoms with Gasteiger partial charge in [-0.05, 0) is 0 Å². The zero-order valence-corrected chi connectivity index (χ0v) is 15.6. The molecule has 0 spiro atoms.